The molecule has 0 bridgehead atoms. The van der Waals surface area contributed by atoms with Crippen LogP contribution in [0.3, 0.4) is 0 Å². The van der Waals surface area contributed by atoms with E-state index >= 15 is 0 Å². The van der Waals surface area contributed by atoms with Crippen molar-refractivity contribution in [3.8, 4) is 0 Å². The third-order valence-corrected chi connectivity index (χ3v) is 5.40. The molecule has 1 aromatic rings. The quantitative estimate of drug-likeness (QED) is 0.738. The van der Waals surface area contributed by atoms with Crippen molar-refractivity contribution in [2.75, 3.05) is 6.61 Å². The first-order chi connectivity index (χ1) is 12.1. The van der Waals surface area contributed by atoms with Crippen LogP contribution < -0.4 is 0 Å². The third kappa shape index (κ3) is 1.72. The van der Waals surface area contributed by atoms with Crippen molar-refractivity contribution >= 4 is 11.9 Å². The Labute approximate surface area is 143 Å². The Hall–Kier alpha value is -3.08. The molecule has 1 aromatic heterocycles. The number of furan rings is 1. The summed E-state index contributed by atoms with van der Waals surface area (Å²) in [6.45, 7) is 4.55. The van der Waals surface area contributed by atoms with E-state index < -0.39 is 11.5 Å². The van der Waals surface area contributed by atoms with Crippen molar-refractivity contribution in [1.29, 1.82) is 0 Å². The number of cyclic esters (lactones) is 2. The Morgan fingerprint density at radius 3 is 2.84 bits per heavy atom. The number of rotatable bonds is 1. The van der Waals surface area contributed by atoms with Gasteiger partial charge in [-0.3, -0.25) is 0 Å². The third-order valence-electron chi connectivity index (χ3n) is 5.40. The minimum absolute atomic E-state index is 0.246. The minimum Gasteiger partial charge on any atom is -0.472 e. The van der Waals surface area contributed by atoms with Gasteiger partial charge < -0.3 is 13.9 Å². The molecule has 5 rings (SSSR count). The molecular weight excluding hydrogens is 320 g/mol. The van der Waals surface area contributed by atoms with Gasteiger partial charge in [-0.25, -0.2) is 9.59 Å². The van der Waals surface area contributed by atoms with E-state index in [9.17, 15) is 9.59 Å². The molecule has 0 saturated carbocycles. The second-order valence-electron chi connectivity index (χ2n) is 6.53. The molecule has 1 unspecified atom stereocenters. The smallest absolute Gasteiger partial charge is 0.339 e. The lowest BCUT2D eigenvalue weighted by atomic mass is 9.63. The van der Waals surface area contributed by atoms with E-state index in [1.165, 1.54) is 0 Å². The van der Waals surface area contributed by atoms with Gasteiger partial charge in [-0.05, 0) is 23.6 Å². The molecule has 124 valence electrons. The highest BCUT2D eigenvalue weighted by Crippen LogP contribution is 2.56. The Morgan fingerprint density at radius 2 is 2.04 bits per heavy atom. The maximum absolute atomic E-state index is 12.3. The molecule has 3 heterocycles. The molecule has 4 aliphatic rings. The Morgan fingerprint density at radius 1 is 1.16 bits per heavy atom. The molecule has 0 radical (unpaired) electrons. The Balaban J connectivity index is 1.66. The van der Waals surface area contributed by atoms with Crippen LogP contribution in [0.25, 0.3) is 0 Å². The molecule has 2 atom stereocenters. The van der Waals surface area contributed by atoms with Crippen LogP contribution in [0.1, 0.15) is 18.1 Å². The highest BCUT2D eigenvalue weighted by atomic mass is 16.6. The lowest BCUT2D eigenvalue weighted by Crippen LogP contribution is -2.30. The lowest BCUT2D eigenvalue weighted by molar-refractivity contribution is -0.139. The Bertz CT molecular complexity index is 954. The van der Waals surface area contributed by atoms with E-state index in [1.54, 1.807) is 24.7 Å². The maximum atomic E-state index is 12.3. The van der Waals surface area contributed by atoms with Crippen molar-refractivity contribution < 1.29 is 23.5 Å². The summed E-state index contributed by atoms with van der Waals surface area (Å²) < 4.78 is 16.0. The van der Waals surface area contributed by atoms with Crippen LogP contribution in [-0.2, 0) is 19.1 Å². The molecule has 0 N–H and O–H groups in total. The van der Waals surface area contributed by atoms with Crippen molar-refractivity contribution in [3.63, 3.8) is 0 Å². The van der Waals surface area contributed by atoms with Crippen LogP contribution in [0, 0.1) is 5.41 Å². The van der Waals surface area contributed by atoms with Gasteiger partial charge in [0.05, 0.1) is 23.7 Å². The second-order valence-corrected chi connectivity index (χ2v) is 6.53. The first-order valence-electron chi connectivity index (χ1n) is 8.05. The predicted molar refractivity (Wildman–Crippen MR) is 87.0 cm³/mol. The molecular formula is C20H14O5. The molecule has 5 nitrogen and oxygen atoms in total. The number of esters is 2. The monoisotopic (exact) mass is 334 g/mol. The molecule has 0 fully saturated rings. The molecule has 1 spiro atoms. The van der Waals surface area contributed by atoms with Gasteiger partial charge in [-0.1, -0.05) is 30.9 Å². The van der Waals surface area contributed by atoms with Crippen molar-refractivity contribution in [2.24, 2.45) is 5.41 Å². The van der Waals surface area contributed by atoms with Gasteiger partial charge in [0, 0.05) is 16.6 Å². The van der Waals surface area contributed by atoms with Crippen molar-refractivity contribution in [2.45, 2.75) is 12.5 Å². The van der Waals surface area contributed by atoms with Crippen molar-refractivity contribution in [1.82, 2.24) is 0 Å². The maximum Gasteiger partial charge on any atom is 0.339 e. The fraction of sp³-hybridized carbons (Fsp3) is 0.200. The first kappa shape index (κ1) is 14.3. The van der Waals surface area contributed by atoms with E-state index in [0.29, 0.717) is 17.6 Å². The predicted octanol–water partition coefficient (Wildman–Crippen LogP) is 3.10. The summed E-state index contributed by atoms with van der Waals surface area (Å²) in [7, 11) is 0. The molecule has 2 aliphatic heterocycles. The summed E-state index contributed by atoms with van der Waals surface area (Å²) >= 11 is 0. The molecule has 0 aromatic carbocycles. The zero-order chi connectivity index (χ0) is 17.2. The summed E-state index contributed by atoms with van der Waals surface area (Å²) in [6.07, 6.45) is 10.8. The summed E-state index contributed by atoms with van der Waals surface area (Å²) in [5.74, 6) is -0.677. The molecule has 5 heteroatoms. The van der Waals surface area contributed by atoms with Gasteiger partial charge >= 0.3 is 11.9 Å². The molecule has 0 amide bonds. The van der Waals surface area contributed by atoms with Gasteiger partial charge in [-0.15, -0.1) is 0 Å². The molecule has 2 aliphatic carbocycles. The van der Waals surface area contributed by atoms with Gasteiger partial charge in [0.2, 0.25) is 0 Å². The van der Waals surface area contributed by atoms with E-state index in [-0.39, 0.29) is 18.5 Å². The fourth-order valence-electron chi connectivity index (χ4n) is 4.10. The van der Waals surface area contributed by atoms with E-state index in [0.717, 1.165) is 22.3 Å². The normalized spacial score (nSPS) is 30.1. The Kier molecular flexibility index (Phi) is 2.70. The van der Waals surface area contributed by atoms with E-state index in [4.69, 9.17) is 13.9 Å². The largest absolute Gasteiger partial charge is 0.472 e. The van der Waals surface area contributed by atoms with E-state index in [1.807, 2.05) is 18.2 Å². The van der Waals surface area contributed by atoms with Crippen molar-refractivity contribution in [3.05, 3.63) is 82.9 Å². The second kappa shape index (κ2) is 4.72. The van der Waals surface area contributed by atoms with Gasteiger partial charge in [-0.2, -0.15) is 0 Å². The van der Waals surface area contributed by atoms with Crippen LogP contribution in [0.5, 0.6) is 0 Å². The number of carbonyl (C=O) groups excluding carboxylic acids is 2. The number of fused-ring (bicyclic) bond motifs is 1. The van der Waals surface area contributed by atoms with Gasteiger partial charge in [0.15, 0.2) is 6.10 Å². The van der Waals surface area contributed by atoms with Gasteiger partial charge in [0.1, 0.15) is 6.61 Å². The average Bonchev–Trinajstić information content (AvgIpc) is 3.32. The summed E-state index contributed by atoms with van der Waals surface area (Å²) in [5, 5.41) is 0. The minimum atomic E-state index is -0.551. The summed E-state index contributed by atoms with van der Waals surface area (Å²) in [6, 6.07) is 1.78. The number of ether oxygens (including phenoxy) is 2. The zero-order valence-corrected chi connectivity index (χ0v) is 13.3. The number of carbonyl (C=O) groups is 2. The summed E-state index contributed by atoms with van der Waals surface area (Å²) in [4.78, 5) is 24.3. The van der Waals surface area contributed by atoms with Crippen LogP contribution in [-0.4, -0.2) is 18.5 Å². The topological polar surface area (TPSA) is 65.7 Å². The van der Waals surface area contributed by atoms with Crippen LogP contribution in [0.4, 0.5) is 0 Å². The SMILES string of the molecule is C=C1C2=C(C=CC13CC=CC1=C3COC1=O)C(=O)O[C@H]2c1ccoc1. The highest BCUT2D eigenvalue weighted by molar-refractivity contribution is 5.99. The standard InChI is InChI=1S/C20H14O5/c1-11-16-14(19(22)25-17(16)12-5-8-23-9-12)4-7-20(11)6-2-3-13-15(20)10-24-18(13)21/h2-5,7-9,17H,1,6,10H2/t17-,20?/m0/s1. The number of hydrogen-bond donors (Lipinski definition) is 0. The summed E-state index contributed by atoms with van der Waals surface area (Å²) in [5.41, 5.74) is 3.76. The lowest BCUT2D eigenvalue weighted by Gasteiger charge is -2.38. The van der Waals surface area contributed by atoms with E-state index in [2.05, 4.69) is 6.58 Å². The van der Waals surface area contributed by atoms with Crippen LogP contribution >= 0.6 is 0 Å². The number of hydrogen-bond acceptors (Lipinski definition) is 5. The fourth-order valence-corrected chi connectivity index (χ4v) is 4.10. The molecule has 0 saturated heterocycles. The highest BCUT2D eigenvalue weighted by Gasteiger charge is 2.49. The number of allylic oxidation sites excluding steroid dienone is 2. The zero-order valence-electron chi connectivity index (χ0n) is 13.3. The first-order valence-corrected chi connectivity index (χ1v) is 8.05. The molecule has 25 heavy (non-hydrogen) atoms. The van der Waals surface area contributed by atoms with Gasteiger partial charge in [0.25, 0.3) is 0 Å². The van der Waals surface area contributed by atoms with Crippen LogP contribution in [0.15, 0.2) is 81.8 Å². The average molecular weight is 334 g/mol. The van der Waals surface area contributed by atoms with Crippen LogP contribution in [0.2, 0.25) is 0 Å².